The minimum absolute atomic E-state index is 0.0203. The number of fused-ring (bicyclic) bond motifs is 1. The molecule has 0 fully saturated rings. The van der Waals surface area contributed by atoms with Gasteiger partial charge in [0, 0.05) is 24.8 Å². The predicted molar refractivity (Wildman–Crippen MR) is 84.6 cm³/mol. The summed E-state index contributed by atoms with van der Waals surface area (Å²) in [6.07, 6.45) is 2.79. The van der Waals surface area contributed by atoms with E-state index in [0.717, 1.165) is 29.9 Å². The molecule has 1 atom stereocenters. The van der Waals surface area contributed by atoms with E-state index in [1.54, 1.807) is 0 Å². The summed E-state index contributed by atoms with van der Waals surface area (Å²) in [7, 11) is 1.94. The van der Waals surface area contributed by atoms with Gasteiger partial charge in [0.25, 0.3) is 0 Å². The Morgan fingerprint density at radius 1 is 1.55 bits per heavy atom. The first-order chi connectivity index (χ1) is 9.58. The van der Waals surface area contributed by atoms with Crippen LogP contribution < -0.4 is 15.5 Å². The van der Waals surface area contributed by atoms with Crippen LogP contribution in [0.2, 0.25) is 5.02 Å². The van der Waals surface area contributed by atoms with Crippen LogP contribution in [0, 0.1) is 0 Å². The van der Waals surface area contributed by atoms with Crippen LogP contribution in [-0.2, 0) is 4.79 Å². The minimum Gasteiger partial charge on any atom is -0.370 e. The lowest BCUT2D eigenvalue weighted by molar-refractivity contribution is -0.117. The zero-order valence-corrected chi connectivity index (χ0v) is 12.6. The van der Waals surface area contributed by atoms with E-state index in [2.05, 4.69) is 24.1 Å². The Bertz CT molecular complexity index is 530. The van der Waals surface area contributed by atoms with Gasteiger partial charge in [-0.2, -0.15) is 0 Å². The molecule has 1 aliphatic heterocycles. The van der Waals surface area contributed by atoms with E-state index in [4.69, 9.17) is 11.6 Å². The first-order valence-corrected chi connectivity index (χ1v) is 7.16. The molecule has 0 spiro atoms. The number of rotatable bonds is 6. The highest BCUT2D eigenvalue weighted by Crippen LogP contribution is 2.38. The maximum absolute atomic E-state index is 12.0. The predicted octanol–water partition coefficient (Wildman–Crippen LogP) is 2.96. The third-order valence-corrected chi connectivity index (χ3v) is 3.67. The second kappa shape index (κ2) is 6.29. The van der Waals surface area contributed by atoms with Gasteiger partial charge in [0.1, 0.15) is 6.04 Å². The Hall–Kier alpha value is -1.52. The monoisotopic (exact) mass is 293 g/mol. The lowest BCUT2D eigenvalue weighted by Crippen LogP contribution is -2.28. The lowest BCUT2D eigenvalue weighted by atomic mass is 10.1. The summed E-state index contributed by atoms with van der Waals surface area (Å²) >= 11 is 6.34. The van der Waals surface area contributed by atoms with E-state index in [9.17, 15) is 4.79 Å². The highest BCUT2D eigenvalue weighted by atomic mass is 35.5. The number of benzene rings is 1. The average molecular weight is 294 g/mol. The fourth-order valence-electron chi connectivity index (χ4n) is 2.35. The van der Waals surface area contributed by atoms with Gasteiger partial charge in [-0.3, -0.25) is 4.79 Å². The molecule has 5 heteroatoms. The number of nitrogens with one attached hydrogen (secondary N) is 2. The fourth-order valence-corrected chi connectivity index (χ4v) is 2.66. The molecule has 20 heavy (non-hydrogen) atoms. The number of anilines is 2. The molecule has 1 aromatic rings. The van der Waals surface area contributed by atoms with Crippen molar-refractivity contribution in [3.05, 3.63) is 35.4 Å². The molecule has 2 rings (SSSR count). The Kier molecular flexibility index (Phi) is 4.68. The largest absolute Gasteiger partial charge is 0.370 e. The minimum atomic E-state index is -0.304. The Morgan fingerprint density at radius 3 is 2.95 bits per heavy atom. The summed E-state index contributed by atoms with van der Waals surface area (Å²) in [6, 6.07) is 3.49. The zero-order chi connectivity index (χ0) is 14.7. The number of nitrogens with zero attached hydrogens (tertiary/aromatic N) is 1. The van der Waals surface area contributed by atoms with Crippen LogP contribution in [0.5, 0.6) is 0 Å². The molecular weight excluding hydrogens is 274 g/mol. The number of likely N-dealkylation sites (N-methyl/N-ethyl adjacent to an activating group) is 1. The first kappa shape index (κ1) is 14.9. The molecule has 1 amide bonds. The number of carbonyl (C=O) groups excluding carboxylic acids is 1. The number of carbonyl (C=O) groups is 1. The average Bonchev–Trinajstić information content (AvgIpc) is 2.71. The van der Waals surface area contributed by atoms with Crippen molar-refractivity contribution in [2.75, 3.05) is 30.4 Å². The fraction of sp³-hybridized carbons (Fsp3) is 0.400. The smallest absolute Gasteiger partial charge is 0.246 e. The van der Waals surface area contributed by atoms with Gasteiger partial charge in [0.05, 0.1) is 10.7 Å². The molecule has 0 radical (unpaired) electrons. The highest BCUT2D eigenvalue weighted by molar-refractivity contribution is 6.33. The summed E-state index contributed by atoms with van der Waals surface area (Å²) in [5, 5.41) is 6.79. The van der Waals surface area contributed by atoms with Crippen LogP contribution in [0.15, 0.2) is 24.8 Å². The van der Waals surface area contributed by atoms with Crippen molar-refractivity contribution in [1.29, 1.82) is 0 Å². The van der Waals surface area contributed by atoms with Crippen molar-refractivity contribution in [1.82, 2.24) is 5.32 Å². The van der Waals surface area contributed by atoms with Gasteiger partial charge in [-0.1, -0.05) is 24.6 Å². The van der Waals surface area contributed by atoms with Crippen molar-refractivity contribution >= 4 is 28.9 Å². The van der Waals surface area contributed by atoms with E-state index in [1.807, 2.05) is 30.2 Å². The van der Waals surface area contributed by atoms with E-state index in [0.29, 0.717) is 11.6 Å². The van der Waals surface area contributed by atoms with Gasteiger partial charge < -0.3 is 15.5 Å². The van der Waals surface area contributed by atoms with Crippen molar-refractivity contribution in [2.24, 2.45) is 0 Å². The Balaban J connectivity index is 2.32. The molecule has 1 aromatic carbocycles. The van der Waals surface area contributed by atoms with Gasteiger partial charge >= 0.3 is 0 Å². The van der Waals surface area contributed by atoms with Gasteiger partial charge in [-0.25, -0.2) is 0 Å². The van der Waals surface area contributed by atoms with E-state index < -0.39 is 0 Å². The number of halogens is 1. The molecule has 0 saturated heterocycles. The summed E-state index contributed by atoms with van der Waals surface area (Å²) in [5.74, 6) is -0.0203. The molecule has 1 aliphatic rings. The normalized spacial score (nSPS) is 16.8. The van der Waals surface area contributed by atoms with Crippen molar-refractivity contribution in [3.8, 4) is 0 Å². The molecule has 0 aliphatic carbocycles. The van der Waals surface area contributed by atoms with Crippen LogP contribution in [-0.4, -0.2) is 26.0 Å². The van der Waals surface area contributed by atoms with Crippen molar-refractivity contribution in [2.45, 2.75) is 19.4 Å². The van der Waals surface area contributed by atoms with Crippen molar-refractivity contribution in [3.63, 3.8) is 0 Å². The molecule has 2 N–H and O–H groups in total. The van der Waals surface area contributed by atoms with Crippen LogP contribution in [0.3, 0.4) is 0 Å². The summed E-state index contributed by atoms with van der Waals surface area (Å²) < 4.78 is 0. The topological polar surface area (TPSA) is 44.4 Å². The van der Waals surface area contributed by atoms with Crippen LogP contribution in [0.4, 0.5) is 11.4 Å². The van der Waals surface area contributed by atoms with Gasteiger partial charge in [-0.05, 0) is 25.1 Å². The van der Waals surface area contributed by atoms with E-state index in [-0.39, 0.29) is 11.9 Å². The quantitative estimate of drug-likeness (QED) is 0.793. The number of hydrogen-bond acceptors (Lipinski definition) is 3. The molecule has 1 heterocycles. The summed E-state index contributed by atoms with van der Waals surface area (Å²) in [5.41, 5.74) is 2.64. The highest BCUT2D eigenvalue weighted by Gasteiger charge is 2.31. The van der Waals surface area contributed by atoms with Gasteiger partial charge in [0.15, 0.2) is 0 Å². The Labute approximate surface area is 124 Å². The maximum atomic E-state index is 12.0. The van der Waals surface area contributed by atoms with Crippen LogP contribution in [0.25, 0.3) is 0 Å². The number of hydrogen-bond donors (Lipinski definition) is 2. The number of amides is 1. The molecule has 0 aromatic heterocycles. The lowest BCUT2D eigenvalue weighted by Gasteiger charge is -2.20. The van der Waals surface area contributed by atoms with Gasteiger partial charge in [-0.15, -0.1) is 6.58 Å². The third-order valence-electron chi connectivity index (χ3n) is 3.36. The SMILES string of the molecule is C=CCN(C)c1cc2c(cc1Cl)C(NCCC)C(=O)N2. The summed E-state index contributed by atoms with van der Waals surface area (Å²) in [4.78, 5) is 14.0. The molecular formula is C15H20ClN3O. The molecule has 0 saturated carbocycles. The summed E-state index contributed by atoms with van der Waals surface area (Å²) in [6.45, 7) is 7.29. The van der Waals surface area contributed by atoms with Gasteiger partial charge in [0.2, 0.25) is 5.91 Å². The molecule has 1 unspecified atom stereocenters. The third kappa shape index (κ3) is 2.81. The standard InChI is InChI=1S/C15H20ClN3O/c1-4-6-17-14-10-8-11(16)13(19(3)7-5-2)9-12(10)18-15(14)20/h5,8-9,14,17H,2,4,6-7H2,1,3H3,(H,18,20). The molecule has 0 bridgehead atoms. The van der Waals surface area contributed by atoms with E-state index in [1.165, 1.54) is 0 Å². The second-order valence-electron chi connectivity index (χ2n) is 4.94. The maximum Gasteiger partial charge on any atom is 0.246 e. The first-order valence-electron chi connectivity index (χ1n) is 6.78. The zero-order valence-electron chi connectivity index (χ0n) is 11.9. The van der Waals surface area contributed by atoms with E-state index >= 15 is 0 Å². The molecule has 108 valence electrons. The van der Waals surface area contributed by atoms with Crippen LogP contribution in [0.1, 0.15) is 24.9 Å². The van der Waals surface area contributed by atoms with Crippen LogP contribution >= 0.6 is 11.6 Å². The van der Waals surface area contributed by atoms with Crippen molar-refractivity contribution < 1.29 is 4.79 Å². The molecule has 4 nitrogen and oxygen atoms in total. The second-order valence-corrected chi connectivity index (χ2v) is 5.34. The Morgan fingerprint density at radius 2 is 2.30 bits per heavy atom.